The summed E-state index contributed by atoms with van der Waals surface area (Å²) < 4.78 is 10.6. The Balaban J connectivity index is 2.60. The van der Waals surface area contributed by atoms with E-state index in [1.807, 2.05) is 27.7 Å². The fourth-order valence-electron chi connectivity index (χ4n) is 2.06. The number of likely N-dealkylation sites (tertiary alicyclic amines) is 1. The Labute approximate surface area is 108 Å². The zero-order valence-electron chi connectivity index (χ0n) is 11.9. The summed E-state index contributed by atoms with van der Waals surface area (Å²) in [6.45, 7) is 9.93. The Kier molecular flexibility index (Phi) is 4.59. The van der Waals surface area contributed by atoms with E-state index in [0.717, 1.165) is 6.42 Å². The molecule has 0 aliphatic carbocycles. The molecule has 1 fully saturated rings. The van der Waals surface area contributed by atoms with E-state index in [-0.39, 0.29) is 24.1 Å². The smallest absolute Gasteiger partial charge is 0.410 e. The lowest BCUT2D eigenvalue weighted by atomic mass is 10.0. The van der Waals surface area contributed by atoms with Crippen LogP contribution in [-0.4, -0.2) is 41.8 Å². The summed E-state index contributed by atoms with van der Waals surface area (Å²) >= 11 is 0. The summed E-state index contributed by atoms with van der Waals surface area (Å²) in [6.07, 6.45) is 0.327. The highest BCUT2D eigenvalue weighted by atomic mass is 16.6. The summed E-state index contributed by atoms with van der Waals surface area (Å²) in [4.78, 5) is 24.5. The van der Waals surface area contributed by atoms with Crippen LogP contribution < -0.4 is 0 Å². The standard InChI is InChI=1S/C13H23NO4/c1-6-10-7-14(8-11(10)17-9(2)15)12(16)18-13(3,4)5/h10-11H,6-8H2,1-5H3/t10-,11-/m1/s1. The number of amides is 1. The van der Waals surface area contributed by atoms with Gasteiger partial charge in [0.1, 0.15) is 11.7 Å². The van der Waals surface area contributed by atoms with E-state index in [1.165, 1.54) is 6.92 Å². The molecule has 2 atom stereocenters. The minimum atomic E-state index is -0.502. The van der Waals surface area contributed by atoms with Crippen LogP contribution in [0.25, 0.3) is 0 Å². The van der Waals surface area contributed by atoms with Crippen LogP contribution in [0.2, 0.25) is 0 Å². The molecule has 5 nitrogen and oxygen atoms in total. The van der Waals surface area contributed by atoms with Crippen LogP contribution in [0.5, 0.6) is 0 Å². The van der Waals surface area contributed by atoms with Crippen molar-refractivity contribution in [2.24, 2.45) is 5.92 Å². The van der Waals surface area contributed by atoms with Crippen LogP contribution in [0.15, 0.2) is 0 Å². The van der Waals surface area contributed by atoms with Crippen molar-refractivity contribution in [1.82, 2.24) is 4.90 Å². The van der Waals surface area contributed by atoms with Crippen molar-refractivity contribution in [1.29, 1.82) is 0 Å². The maximum absolute atomic E-state index is 11.9. The van der Waals surface area contributed by atoms with Crippen LogP contribution in [0.4, 0.5) is 4.79 Å². The Morgan fingerprint density at radius 3 is 2.33 bits per heavy atom. The number of esters is 1. The largest absolute Gasteiger partial charge is 0.460 e. The normalized spacial score (nSPS) is 23.9. The average molecular weight is 257 g/mol. The van der Waals surface area contributed by atoms with Gasteiger partial charge < -0.3 is 14.4 Å². The van der Waals surface area contributed by atoms with Crippen LogP contribution in [0, 0.1) is 5.92 Å². The van der Waals surface area contributed by atoms with Crippen LogP contribution in [0.1, 0.15) is 41.0 Å². The van der Waals surface area contributed by atoms with Gasteiger partial charge in [0.2, 0.25) is 0 Å². The molecule has 104 valence electrons. The zero-order valence-corrected chi connectivity index (χ0v) is 11.9. The van der Waals surface area contributed by atoms with Crippen LogP contribution >= 0.6 is 0 Å². The molecule has 5 heteroatoms. The predicted octanol–water partition coefficient (Wildman–Crippen LogP) is 2.20. The molecular formula is C13H23NO4. The number of hydrogen-bond donors (Lipinski definition) is 0. The third kappa shape index (κ3) is 4.20. The fraction of sp³-hybridized carbons (Fsp3) is 0.846. The highest BCUT2D eigenvalue weighted by molar-refractivity contribution is 5.69. The molecule has 0 aromatic heterocycles. The summed E-state index contributed by atoms with van der Waals surface area (Å²) in [5.41, 5.74) is -0.502. The summed E-state index contributed by atoms with van der Waals surface area (Å²) in [6, 6.07) is 0. The van der Waals surface area contributed by atoms with E-state index in [1.54, 1.807) is 4.90 Å². The second kappa shape index (κ2) is 5.59. The van der Waals surface area contributed by atoms with E-state index in [9.17, 15) is 9.59 Å². The molecule has 0 unspecified atom stereocenters. The van der Waals surface area contributed by atoms with Crippen molar-refractivity contribution in [3.63, 3.8) is 0 Å². The van der Waals surface area contributed by atoms with Gasteiger partial charge in [0.25, 0.3) is 0 Å². The van der Waals surface area contributed by atoms with E-state index >= 15 is 0 Å². The monoisotopic (exact) mass is 257 g/mol. The van der Waals surface area contributed by atoms with E-state index in [0.29, 0.717) is 13.1 Å². The average Bonchev–Trinajstić information content (AvgIpc) is 2.57. The zero-order chi connectivity index (χ0) is 13.9. The molecular weight excluding hydrogens is 234 g/mol. The van der Waals surface area contributed by atoms with Gasteiger partial charge in [0.15, 0.2) is 0 Å². The Morgan fingerprint density at radius 2 is 1.89 bits per heavy atom. The van der Waals surface area contributed by atoms with Crippen molar-refractivity contribution >= 4 is 12.1 Å². The maximum Gasteiger partial charge on any atom is 0.410 e. The quantitative estimate of drug-likeness (QED) is 0.712. The summed E-state index contributed by atoms with van der Waals surface area (Å²) in [5, 5.41) is 0. The van der Waals surface area contributed by atoms with E-state index < -0.39 is 5.60 Å². The van der Waals surface area contributed by atoms with Crippen molar-refractivity contribution in [3.8, 4) is 0 Å². The molecule has 1 rings (SSSR count). The second-order valence-corrected chi connectivity index (χ2v) is 5.70. The van der Waals surface area contributed by atoms with Gasteiger partial charge in [-0.1, -0.05) is 6.92 Å². The lowest BCUT2D eigenvalue weighted by Gasteiger charge is -2.24. The molecule has 1 saturated heterocycles. The number of ether oxygens (including phenoxy) is 2. The molecule has 0 aromatic carbocycles. The Hall–Kier alpha value is -1.26. The second-order valence-electron chi connectivity index (χ2n) is 5.70. The lowest BCUT2D eigenvalue weighted by Crippen LogP contribution is -2.36. The van der Waals surface area contributed by atoms with E-state index in [4.69, 9.17) is 9.47 Å². The van der Waals surface area contributed by atoms with Crippen LogP contribution in [-0.2, 0) is 14.3 Å². The molecule has 0 spiro atoms. The molecule has 18 heavy (non-hydrogen) atoms. The molecule has 1 heterocycles. The molecule has 0 aromatic rings. The first-order valence-electron chi connectivity index (χ1n) is 6.38. The Bertz CT molecular complexity index is 321. The maximum atomic E-state index is 11.9. The lowest BCUT2D eigenvalue weighted by molar-refractivity contribution is -0.147. The van der Waals surface area contributed by atoms with Crippen molar-refractivity contribution in [2.75, 3.05) is 13.1 Å². The number of carbonyl (C=O) groups is 2. The molecule has 1 aliphatic rings. The van der Waals surface area contributed by atoms with Crippen molar-refractivity contribution in [3.05, 3.63) is 0 Å². The van der Waals surface area contributed by atoms with Crippen molar-refractivity contribution < 1.29 is 19.1 Å². The third-order valence-corrected chi connectivity index (χ3v) is 2.87. The number of carbonyl (C=O) groups excluding carboxylic acids is 2. The van der Waals surface area contributed by atoms with E-state index in [2.05, 4.69) is 0 Å². The van der Waals surface area contributed by atoms with Gasteiger partial charge in [-0.2, -0.15) is 0 Å². The van der Waals surface area contributed by atoms with Crippen molar-refractivity contribution in [2.45, 2.75) is 52.7 Å². The first-order valence-corrected chi connectivity index (χ1v) is 6.38. The summed E-state index contributed by atoms with van der Waals surface area (Å²) in [7, 11) is 0. The molecule has 1 amide bonds. The van der Waals surface area contributed by atoms with Gasteiger partial charge in [0, 0.05) is 19.4 Å². The van der Waals surface area contributed by atoms with Gasteiger partial charge in [-0.05, 0) is 27.2 Å². The SMILES string of the molecule is CC[C@@H]1CN(C(=O)OC(C)(C)C)C[C@H]1OC(C)=O. The van der Waals surface area contributed by atoms with Gasteiger partial charge >= 0.3 is 12.1 Å². The fourth-order valence-corrected chi connectivity index (χ4v) is 2.06. The number of nitrogens with zero attached hydrogens (tertiary/aromatic N) is 1. The molecule has 1 aliphatic heterocycles. The predicted molar refractivity (Wildman–Crippen MR) is 67.1 cm³/mol. The third-order valence-electron chi connectivity index (χ3n) is 2.87. The minimum absolute atomic E-state index is 0.196. The first-order chi connectivity index (χ1) is 8.23. The number of hydrogen-bond acceptors (Lipinski definition) is 4. The van der Waals surface area contributed by atoms with Gasteiger partial charge in [-0.15, -0.1) is 0 Å². The first kappa shape index (κ1) is 14.8. The van der Waals surface area contributed by atoms with Gasteiger partial charge in [-0.3, -0.25) is 4.79 Å². The minimum Gasteiger partial charge on any atom is -0.460 e. The van der Waals surface area contributed by atoms with Gasteiger partial charge in [0.05, 0.1) is 6.54 Å². The van der Waals surface area contributed by atoms with Gasteiger partial charge in [-0.25, -0.2) is 4.79 Å². The highest BCUT2D eigenvalue weighted by Gasteiger charge is 2.37. The highest BCUT2D eigenvalue weighted by Crippen LogP contribution is 2.24. The molecule has 0 radical (unpaired) electrons. The molecule has 0 saturated carbocycles. The molecule has 0 N–H and O–H groups in total. The number of rotatable bonds is 2. The summed E-state index contributed by atoms with van der Waals surface area (Å²) in [5.74, 6) is -0.106. The Morgan fingerprint density at radius 1 is 1.28 bits per heavy atom. The van der Waals surface area contributed by atoms with Crippen LogP contribution in [0.3, 0.4) is 0 Å². The molecule has 0 bridgehead atoms. The topological polar surface area (TPSA) is 55.8 Å².